The van der Waals surface area contributed by atoms with Crippen molar-refractivity contribution in [2.24, 2.45) is 0 Å². The second kappa shape index (κ2) is 5.34. The van der Waals surface area contributed by atoms with E-state index < -0.39 is 0 Å². The molecule has 3 rings (SSSR count). The van der Waals surface area contributed by atoms with E-state index >= 15 is 0 Å². The fourth-order valence-corrected chi connectivity index (χ4v) is 3.16. The first kappa shape index (κ1) is 13.3. The van der Waals surface area contributed by atoms with Gasteiger partial charge in [-0.1, -0.05) is 18.2 Å². The molecule has 2 heterocycles. The summed E-state index contributed by atoms with van der Waals surface area (Å²) < 4.78 is 0. The highest BCUT2D eigenvalue weighted by atomic mass is 32.1. The molecule has 0 spiro atoms. The van der Waals surface area contributed by atoms with Gasteiger partial charge in [0.1, 0.15) is 4.88 Å². The van der Waals surface area contributed by atoms with Crippen molar-refractivity contribution in [3.8, 4) is 0 Å². The third-order valence-corrected chi connectivity index (χ3v) is 4.36. The molecule has 5 heteroatoms. The Kier molecular flexibility index (Phi) is 3.54. The van der Waals surface area contributed by atoms with Crippen molar-refractivity contribution in [2.45, 2.75) is 26.4 Å². The van der Waals surface area contributed by atoms with Crippen molar-refractivity contribution in [3.63, 3.8) is 0 Å². The van der Waals surface area contributed by atoms with Crippen molar-refractivity contribution in [1.29, 1.82) is 0 Å². The van der Waals surface area contributed by atoms with Gasteiger partial charge >= 0.3 is 0 Å². The summed E-state index contributed by atoms with van der Waals surface area (Å²) in [5.74, 6) is 0.0404. The number of benzene rings is 1. The molecule has 0 bridgehead atoms. The normalized spacial score (nSPS) is 18.5. The zero-order valence-electron chi connectivity index (χ0n) is 11.6. The topological polar surface area (TPSA) is 45.2 Å². The van der Waals surface area contributed by atoms with Crippen molar-refractivity contribution in [3.05, 3.63) is 45.9 Å². The number of hydrogen-bond acceptors (Lipinski definition) is 4. The smallest absolute Gasteiger partial charge is 0.270 e. The maximum atomic E-state index is 12.7. The molecule has 1 aromatic heterocycles. The summed E-state index contributed by atoms with van der Waals surface area (Å²) in [6.07, 6.45) is 1.67. The van der Waals surface area contributed by atoms with Gasteiger partial charge in [0.15, 0.2) is 0 Å². The van der Waals surface area contributed by atoms with E-state index in [0.717, 1.165) is 22.8 Å². The van der Waals surface area contributed by atoms with Crippen LogP contribution in [0.2, 0.25) is 0 Å². The number of para-hydroxylation sites is 1. The van der Waals surface area contributed by atoms with Gasteiger partial charge in [-0.25, -0.2) is 4.98 Å². The number of rotatable bonds is 1. The highest BCUT2D eigenvalue weighted by Gasteiger charge is 2.25. The molecule has 0 saturated heterocycles. The zero-order valence-corrected chi connectivity index (χ0v) is 12.4. The van der Waals surface area contributed by atoms with Gasteiger partial charge in [0.25, 0.3) is 5.91 Å². The monoisotopic (exact) mass is 287 g/mol. The number of nitrogens with one attached hydrogen (secondary N) is 1. The van der Waals surface area contributed by atoms with Gasteiger partial charge in [-0.3, -0.25) is 4.79 Å². The minimum absolute atomic E-state index is 0.0404. The number of fused-ring (bicyclic) bond motifs is 1. The fraction of sp³-hybridized carbons (Fsp3) is 0.333. The predicted molar refractivity (Wildman–Crippen MR) is 81.3 cm³/mol. The predicted octanol–water partition coefficient (Wildman–Crippen LogP) is 2.59. The maximum absolute atomic E-state index is 12.7. The van der Waals surface area contributed by atoms with Crippen molar-refractivity contribution >= 4 is 22.9 Å². The van der Waals surface area contributed by atoms with Crippen LogP contribution in [0.15, 0.2) is 30.5 Å². The van der Waals surface area contributed by atoms with Gasteiger partial charge in [0.2, 0.25) is 0 Å². The Hall–Kier alpha value is -1.72. The first-order valence-electron chi connectivity index (χ1n) is 6.71. The molecule has 0 fully saturated rings. The fourth-order valence-electron chi connectivity index (χ4n) is 2.43. The average molecular weight is 287 g/mol. The Bertz CT molecular complexity index is 638. The maximum Gasteiger partial charge on any atom is 0.270 e. The van der Waals surface area contributed by atoms with Crippen LogP contribution in [-0.4, -0.2) is 23.5 Å². The molecule has 104 valence electrons. The molecule has 0 radical (unpaired) electrons. The SMILES string of the molecule is Cc1ncc(C(=O)N2CC(C)NCc3ccccc32)s1. The van der Waals surface area contributed by atoms with Gasteiger partial charge in [0.05, 0.1) is 11.2 Å². The third kappa shape index (κ3) is 2.46. The second-order valence-electron chi connectivity index (χ2n) is 5.07. The van der Waals surface area contributed by atoms with Crippen LogP contribution in [0.3, 0.4) is 0 Å². The summed E-state index contributed by atoms with van der Waals surface area (Å²) >= 11 is 1.45. The number of anilines is 1. The number of carbonyl (C=O) groups is 1. The summed E-state index contributed by atoms with van der Waals surface area (Å²) in [6, 6.07) is 8.34. The Morgan fingerprint density at radius 3 is 3.00 bits per heavy atom. The van der Waals surface area contributed by atoms with Gasteiger partial charge in [-0.05, 0) is 25.5 Å². The largest absolute Gasteiger partial charge is 0.308 e. The number of amides is 1. The van der Waals surface area contributed by atoms with Crippen molar-refractivity contribution < 1.29 is 4.79 Å². The lowest BCUT2D eigenvalue weighted by molar-refractivity contribution is 0.0989. The standard InChI is InChI=1S/C15H17N3OS/c1-10-9-18(15(19)14-8-17-11(2)20-14)13-6-4-3-5-12(13)7-16-10/h3-6,8,10,16H,7,9H2,1-2H3. The van der Waals surface area contributed by atoms with Crippen LogP contribution >= 0.6 is 11.3 Å². The van der Waals surface area contributed by atoms with Crippen LogP contribution in [0.1, 0.15) is 27.2 Å². The summed E-state index contributed by atoms with van der Waals surface area (Å²) in [5.41, 5.74) is 2.16. The van der Waals surface area contributed by atoms with Crippen molar-refractivity contribution in [1.82, 2.24) is 10.3 Å². The molecule has 4 nitrogen and oxygen atoms in total. The van der Waals surface area contributed by atoms with E-state index in [-0.39, 0.29) is 11.9 Å². The van der Waals surface area contributed by atoms with E-state index in [4.69, 9.17) is 0 Å². The molecule has 2 aromatic rings. The van der Waals surface area contributed by atoms with E-state index in [1.807, 2.05) is 30.0 Å². The van der Waals surface area contributed by atoms with Gasteiger partial charge in [-0.15, -0.1) is 11.3 Å². The van der Waals surface area contributed by atoms with E-state index in [2.05, 4.69) is 23.3 Å². The van der Waals surface area contributed by atoms with Crippen LogP contribution in [0, 0.1) is 6.92 Å². The van der Waals surface area contributed by atoms with Crippen LogP contribution in [0.25, 0.3) is 0 Å². The van der Waals surface area contributed by atoms with Gasteiger partial charge in [-0.2, -0.15) is 0 Å². The lowest BCUT2D eigenvalue weighted by atomic mass is 10.1. The Balaban J connectivity index is 2.00. The number of carbonyl (C=O) groups excluding carboxylic acids is 1. The first-order valence-corrected chi connectivity index (χ1v) is 7.52. The molecule has 1 unspecified atom stereocenters. The highest BCUT2D eigenvalue weighted by Crippen LogP contribution is 2.26. The molecule has 20 heavy (non-hydrogen) atoms. The number of hydrogen-bond donors (Lipinski definition) is 1. The molecule has 1 aromatic carbocycles. The van der Waals surface area contributed by atoms with Crippen LogP contribution in [0.5, 0.6) is 0 Å². The summed E-state index contributed by atoms with van der Waals surface area (Å²) in [4.78, 5) is 19.5. The van der Waals surface area contributed by atoms with Crippen LogP contribution in [-0.2, 0) is 6.54 Å². The summed E-state index contributed by atoms with van der Waals surface area (Å²) in [5, 5.41) is 4.36. The lowest BCUT2D eigenvalue weighted by Gasteiger charge is -2.23. The molecular formula is C15H17N3OS. The van der Waals surface area contributed by atoms with Crippen LogP contribution in [0.4, 0.5) is 5.69 Å². The Morgan fingerprint density at radius 2 is 2.25 bits per heavy atom. The summed E-state index contributed by atoms with van der Waals surface area (Å²) in [6.45, 7) is 5.49. The molecule has 1 aliphatic heterocycles. The van der Waals surface area contributed by atoms with E-state index in [1.54, 1.807) is 6.20 Å². The molecule has 1 atom stereocenters. The minimum atomic E-state index is 0.0404. The Morgan fingerprint density at radius 1 is 1.45 bits per heavy atom. The van der Waals surface area contributed by atoms with E-state index in [9.17, 15) is 4.79 Å². The van der Waals surface area contributed by atoms with Gasteiger partial charge in [0, 0.05) is 24.8 Å². The molecule has 1 N–H and O–H groups in total. The number of nitrogens with zero attached hydrogens (tertiary/aromatic N) is 2. The quantitative estimate of drug-likeness (QED) is 0.877. The molecule has 1 amide bonds. The zero-order chi connectivity index (χ0) is 14.1. The molecule has 1 aliphatic rings. The molecule has 0 saturated carbocycles. The van der Waals surface area contributed by atoms with Crippen LogP contribution < -0.4 is 10.2 Å². The van der Waals surface area contributed by atoms with E-state index in [0.29, 0.717) is 11.4 Å². The second-order valence-corrected chi connectivity index (χ2v) is 6.30. The first-order chi connectivity index (χ1) is 9.65. The summed E-state index contributed by atoms with van der Waals surface area (Å²) in [7, 11) is 0. The Labute approximate surface area is 122 Å². The highest BCUT2D eigenvalue weighted by molar-refractivity contribution is 7.13. The minimum Gasteiger partial charge on any atom is -0.308 e. The van der Waals surface area contributed by atoms with Crippen molar-refractivity contribution in [2.75, 3.05) is 11.4 Å². The van der Waals surface area contributed by atoms with E-state index in [1.165, 1.54) is 11.3 Å². The molecular weight excluding hydrogens is 270 g/mol. The third-order valence-electron chi connectivity index (χ3n) is 3.46. The number of aryl methyl sites for hydroxylation is 1. The number of thiazole rings is 1. The lowest BCUT2D eigenvalue weighted by Crippen LogP contribution is -2.39. The number of aromatic nitrogens is 1. The molecule has 0 aliphatic carbocycles. The average Bonchev–Trinajstić information content (AvgIpc) is 2.81. The van der Waals surface area contributed by atoms with Gasteiger partial charge < -0.3 is 10.2 Å².